The average molecular weight is 377 g/mol. The fraction of sp³-hybridized carbons (Fsp3) is 0.188. The van der Waals surface area contributed by atoms with Crippen molar-refractivity contribution in [2.24, 2.45) is 0 Å². The number of nitrogens with one attached hydrogen (secondary N) is 1. The number of nitro benzene ring substituents is 1. The van der Waals surface area contributed by atoms with Crippen LogP contribution >= 0.6 is 0 Å². The first-order valence-corrected chi connectivity index (χ1v) is 8.70. The van der Waals surface area contributed by atoms with E-state index in [-0.39, 0.29) is 12.1 Å². The summed E-state index contributed by atoms with van der Waals surface area (Å²) in [4.78, 5) is 9.70. The zero-order valence-corrected chi connectivity index (χ0v) is 14.7. The molecule has 0 amide bonds. The number of nitriles is 1. The van der Waals surface area contributed by atoms with Gasteiger partial charge in [0.2, 0.25) is 10.0 Å². The minimum absolute atomic E-state index is 0.136. The number of rotatable bonds is 7. The number of methoxy groups -OCH3 is 2. The average Bonchev–Trinajstić information content (AvgIpc) is 2.65. The summed E-state index contributed by atoms with van der Waals surface area (Å²) in [5.74, 6) is 0.950. The minimum atomic E-state index is -4.16. The van der Waals surface area contributed by atoms with Gasteiger partial charge in [0.1, 0.15) is 22.5 Å². The Hall–Kier alpha value is -3.16. The van der Waals surface area contributed by atoms with Crippen LogP contribution in [0.25, 0.3) is 0 Å². The molecule has 0 spiro atoms. The highest BCUT2D eigenvalue weighted by Gasteiger charge is 2.22. The van der Waals surface area contributed by atoms with Crippen molar-refractivity contribution < 1.29 is 22.8 Å². The summed E-state index contributed by atoms with van der Waals surface area (Å²) < 4.78 is 37.7. The van der Waals surface area contributed by atoms with E-state index in [0.717, 1.165) is 18.2 Å². The molecule has 2 aromatic carbocycles. The van der Waals surface area contributed by atoms with Gasteiger partial charge in [0, 0.05) is 30.3 Å². The zero-order chi connectivity index (χ0) is 19.3. The number of nitro groups is 1. The molecular formula is C16H15N3O6S. The second kappa shape index (κ2) is 7.81. The summed E-state index contributed by atoms with van der Waals surface area (Å²) in [7, 11) is -1.24. The maximum atomic E-state index is 12.5. The lowest BCUT2D eigenvalue weighted by Crippen LogP contribution is -2.24. The number of sulfonamides is 1. The van der Waals surface area contributed by atoms with E-state index in [1.165, 1.54) is 14.2 Å². The number of hydrogen-bond acceptors (Lipinski definition) is 7. The lowest BCUT2D eigenvalue weighted by molar-refractivity contribution is -0.385. The molecule has 0 fully saturated rings. The van der Waals surface area contributed by atoms with Crippen LogP contribution in [0.1, 0.15) is 11.1 Å². The molecule has 0 heterocycles. The standard InChI is InChI=1S/C16H15N3O6S/c1-24-14-6-4-12(15(8-14)25-2)10-18-26(22,23)16-7-13(19(20)21)5-3-11(16)9-17/h3-8,18H,10H2,1-2H3. The molecule has 0 saturated carbocycles. The van der Waals surface area contributed by atoms with Crippen LogP contribution in [0.4, 0.5) is 5.69 Å². The Morgan fingerprint density at radius 3 is 2.50 bits per heavy atom. The quantitative estimate of drug-likeness (QED) is 0.576. The van der Waals surface area contributed by atoms with Crippen LogP contribution in [0.3, 0.4) is 0 Å². The molecule has 0 saturated heterocycles. The van der Waals surface area contributed by atoms with Gasteiger partial charge in [-0.3, -0.25) is 10.1 Å². The summed E-state index contributed by atoms with van der Waals surface area (Å²) in [6.45, 7) is -0.136. The van der Waals surface area contributed by atoms with E-state index in [2.05, 4.69) is 4.72 Å². The van der Waals surface area contributed by atoms with Gasteiger partial charge >= 0.3 is 0 Å². The molecule has 0 aromatic heterocycles. The van der Waals surface area contributed by atoms with Crippen LogP contribution in [-0.4, -0.2) is 27.6 Å². The van der Waals surface area contributed by atoms with Gasteiger partial charge in [-0.15, -0.1) is 0 Å². The van der Waals surface area contributed by atoms with E-state index < -0.39 is 25.5 Å². The van der Waals surface area contributed by atoms with E-state index in [1.54, 1.807) is 24.3 Å². The topological polar surface area (TPSA) is 132 Å². The first-order chi connectivity index (χ1) is 12.3. The van der Waals surface area contributed by atoms with Gasteiger partial charge in [0.15, 0.2) is 0 Å². The molecule has 2 aromatic rings. The molecule has 1 N–H and O–H groups in total. The molecular weight excluding hydrogens is 362 g/mol. The van der Waals surface area contributed by atoms with Gasteiger partial charge < -0.3 is 9.47 Å². The van der Waals surface area contributed by atoms with Crippen LogP contribution in [0, 0.1) is 21.4 Å². The van der Waals surface area contributed by atoms with Crippen molar-refractivity contribution in [3.8, 4) is 17.6 Å². The van der Waals surface area contributed by atoms with E-state index in [9.17, 15) is 18.5 Å². The van der Waals surface area contributed by atoms with E-state index >= 15 is 0 Å². The van der Waals surface area contributed by atoms with Crippen LogP contribution in [0.2, 0.25) is 0 Å². The number of non-ortho nitro benzene ring substituents is 1. The first kappa shape index (κ1) is 19.2. The fourth-order valence-electron chi connectivity index (χ4n) is 2.19. The third-order valence-corrected chi connectivity index (χ3v) is 4.97. The molecule has 0 aliphatic carbocycles. The molecule has 0 aliphatic rings. The molecule has 10 heteroatoms. The third-order valence-electron chi connectivity index (χ3n) is 3.53. The number of nitrogens with zero attached hydrogens (tertiary/aromatic N) is 2. The molecule has 136 valence electrons. The molecule has 2 rings (SSSR count). The molecule has 0 atom stereocenters. The summed E-state index contributed by atoms with van der Waals surface area (Å²) in [5, 5.41) is 20.0. The molecule has 26 heavy (non-hydrogen) atoms. The second-order valence-corrected chi connectivity index (χ2v) is 6.79. The lowest BCUT2D eigenvalue weighted by Gasteiger charge is -2.12. The van der Waals surface area contributed by atoms with Crippen LogP contribution in [0.15, 0.2) is 41.3 Å². The van der Waals surface area contributed by atoms with E-state index in [0.29, 0.717) is 17.1 Å². The van der Waals surface area contributed by atoms with Crippen LogP contribution in [-0.2, 0) is 16.6 Å². The predicted octanol–water partition coefficient (Wildman–Crippen LogP) is 1.96. The highest BCUT2D eigenvalue weighted by Crippen LogP contribution is 2.26. The number of ether oxygens (including phenoxy) is 2. The summed E-state index contributed by atoms with van der Waals surface area (Å²) in [6, 6.07) is 9.60. The Morgan fingerprint density at radius 1 is 1.19 bits per heavy atom. The van der Waals surface area contributed by atoms with Crippen molar-refractivity contribution >= 4 is 15.7 Å². The Morgan fingerprint density at radius 2 is 1.92 bits per heavy atom. The summed E-state index contributed by atoms with van der Waals surface area (Å²) in [5.41, 5.74) is -0.0861. The first-order valence-electron chi connectivity index (χ1n) is 7.21. The molecule has 0 aliphatic heterocycles. The minimum Gasteiger partial charge on any atom is -0.497 e. The van der Waals surface area contributed by atoms with Crippen LogP contribution in [0.5, 0.6) is 11.5 Å². The van der Waals surface area contributed by atoms with Crippen molar-refractivity contribution in [3.63, 3.8) is 0 Å². The van der Waals surface area contributed by atoms with Crippen molar-refractivity contribution in [2.45, 2.75) is 11.4 Å². The Bertz CT molecular complexity index is 982. The lowest BCUT2D eigenvalue weighted by atomic mass is 10.2. The maximum absolute atomic E-state index is 12.5. The highest BCUT2D eigenvalue weighted by atomic mass is 32.2. The molecule has 0 unspecified atom stereocenters. The van der Waals surface area contributed by atoms with E-state index in [4.69, 9.17) is 14.7 Å². The van der Waals surface area contributed by atoms with Gasteiger partial charge in [-0.05, 0) is 12.1 Å². The maximum Gasteiger partial charge on any atom is 0.270 e. The monoisotopic (exact) mass is 377 g/mol. The molecule has 0 radical (unpaired) electrons. The van der Waals surface area contributed by atoms with Gasteiger partial charge in [-0.25, -0.2) is 13.1 Å². The molecule has 9 nitrogen and oxygen atoms in total. The second-order valence-electron chi connectivity index (χ2n) is 5.05. The van der Waals surface area contributed by atoms with E-state index in [1.807, 2.05) is 0 Å². The third kappa shape index (κ3) is 4.08. The fourth-order valence-corrected chi connectivity index (χ4v) is 3.37. The smallest absolute Gasteiger partial charge is 0.270 e. The Labute approximate surface area is 150 Å². The van der Waals surface area contributed by atoms with Gasteiger partial charge in [0.25, 0.3) is 5.69 Å². The normalized spacial score (nSPS) is 10.8. The van der Waals surface area contributed by atoms with Crippen molar-refractivity contribution in [1.82, 2.24) is 4.72 Å². The van der Waals surface area contributed by atoms with Gasteiger partial charge in [-0.2, -0.15) is 5.26 Å². The van der Waals surface area contributed by atoms with Crippen LogP contribution < -0.4 is 14.2 Å². The van der Waals surface area contributed by atoms with Gasteiger partial charge in [-0.1, -0.05) is 6.07 Å². The summed E-state index contributed by atoms with van der Waals surface area (Å²) in [6.07, 6.45) is 0. The number of hydrogen-bond donors (Lipinski definition) is 1. The van der Waals surface area contributed by atoms with Gasteiger partial charge in [0.05, 0.1) is 24.7 Å². The predicted molar refractivity (Wildman–Crippen MR) is 91.4 cm³/mol. The molecule has 0 bridgehead atoms. The largest absolute Gasteiger partial charge is 0.497 e. The Kier molecular flexibility index (Phi) is 5.76. The highest BCUT2D eigenvalue weighted by molar-refractivity contribution is 7.89. The number of benzene rings is 2. The zero-order valence-electron chi connectivity index (χ0n) is 13.9. The SMILES string of the molecule is COc1ccc(CNS(=O)(=O)c2cc([N+](=O)[O-])ccc2C#N)c(OC)c1. The Balaban J connectivity index is 2.34. The van der Waals surface area contributed by atoms with Crippen molar-refractivity contribution in [1.29, 1.82) is 5.26 Å². The van der Waals surface area contributed by atoms with Crippen molar-refractivity contribution in [3.05, 3.63) is 57.6 Å². The van der Waals surface area contributed by atoms with Crippen molar-refractivity contribution in [2.75, 3.05) is 14.2 Å². The summed E-state index contributed by atoms with van der Waals surface area (Å²) >= 11 is 0.